The Labute approximate surface area is 194 Å². The normalized spacial score (nSPS) is 11.6. The van der Waals surface area contributed by atoms with Crippen molar-refractivity contribution >= 4 is 35.2 Å². The molecule has 0 spiro atoms. The van der Waals surface area contributed by atoms with Crippen molar-refractivity contribution in [1.29, 1.82) is 0 Å². The van der Waals surface area contributed by atoms with Gasteiger partial charge in [0.25, 0.3) is 0 Å². The standard InChI is InChI=1S/C24H31ClN2O3S/c1-4-5-13-26-24(29)18(2)27(15-20-7-6-8-22(14-20)30-3)23(28)17-31-16-19-9-11-21(25)12-10-19/h6-12,14,18H,4-5,13,15-17H2,1-3H3,(H,26,29)/t18-/m0/s1. The van der Waals surface area contributed by atoms with Crippen molar-refractivity contribution in [3.63, 3.8) is 0 Å². The average molecular weight is 463 g/mol. The number of thioether (sulfide) groups is 1. The van der Waals surface area contributed by atoms with Crippen LogP contribution in [-0.2, 0) is 21.9 Å². The van der Waals surface area contributed by atoms with Crippen molar-refractivity contribution in [3.05, 3.63) is 64.7 Å². The summed E-state index contributed by atoms with van der Waals surface area (Å²) < 4.78 is 5.30. The highest BCUT2D eigenvalue weighted by Gasteiger charge is 2.26. The molecule has 1 N–H and O–H groups in total. The molecule has 2 rings (SSSR count). The van der Waals surface area contributed by atoms with Crippen LogP contribution in [0.15, 0.2) is 48.5 Å². The number of hydrogen-bond acceptors (Lipinski definition) is 4. The lowest BCUT2D eigenvalue weighted by Gasteiger charge is -2.29. The molecule has 0 aliphatic rings. The van der Waals surface area contributed by atoms with Crippen molar-refractivity contribution in [2.45, 2.75) is 45.0 Å². The second-order valence-electron chi connectivity index (χ2n) is 7.31. The molecular weight excluding hydrogens is 432 g/mol. The van der Waals surface area contributed by atoms with Crippen LogP contribution in [0, 0.1) is 0 Å². The minimum atomic E-state index is -0.563. The van der Waals surface area contributed by atoms with Crippen LogP contribution in [-0.4, -0.2) is 42.2 Å². The maximum absolute atomic E-state index is 13.1. The van der Waals surface area contributed by atoms with E-state index in [4.69, 9.17) is 16.3 Å². The fourth-order valence-electron chi connectivity index (χ4n) is 3.01. The third-order valence-corrected chi connectivity index (χ3v) is 6.13. The fraction of sp³-hybridized carbons (Fsp3) is 0.417. The predicted molar refractivity (Wildman–Crippen MR) is 129 cm³/mol. The van der Waals surface area contributed by atoms with Gasteiger partial charge in [-0.25, -0.2) is 0 Å². The van der Waals surface area contributed by atoms with E-state index in [1.165, 1.54) is 11.8 Å². The van der Waals surface area contributed by atoms with Crippen LogP contribution in [0.25, 0.3) is 0 Å². The summed E-state index contributed by atoms with van der Waals surface area (Å²) in [7, 11) is 1.61. The Hall–Kier alpha value is -2.18. The summed E-state index contributed by atoms with van der Waals surface area (Å²) in [6.07, 6.45) is 1.92. The highest BCUT2D eigenvalue weighted by Crippen LogP contribution is 2.19. The monoisotopic (exact) mass is 462 g/mol. The van der Waals surface area contributed by atoms with E-state index in [1.807, 2.05) is 48.5 Å². The molecular formula is C24H31ClN2O3S. The number of hydrogen-bond donors (Lipinski definition) is 1. The molecule has 5 nitrogen and oxygen atoms in total. The first-order chi connectivity index (χ1) is 14.9. The van der Waals surface area contributed by atoms with Gasteiger partial charge in [0.1, 0.15) is 11.8 Å². The highest BCUT2D eigenvalue weighted by molar-refractivity contribution is 7.99. The minimum absolute atomic E-state index is 0.0695. The maximum atomic E-state index is 13.1. The van der Waals surface area contributed by atoms with Crippen LogP contribution in [0.5, 0.6) is 5.75 Å². The summed E-state index contributed by atoms with van der Waals surface area (Å²) in [5.74, 6) is 1.51. The van der Waals surface area contributed by atoms with Gasteiger partial charge < -0.3 is 15.0 Å². The Morgan fingerprint density at radius 3 is 2.58 bits per heavy atom. The molecule has 0 saturated carbocycles. The van der Waals surface area contributed by atoms with E-state index in [1.54, 1.807) is 18.9 Å². The van der Waals surface area contributed by atoms with Crippen LogP contribution >= 0.6 is 23.4 Å². The van der Waals surface area contributed by atoms with Gasteiger partial charge in [-0.1, -0.05) is 49.2 Å². The van der Waals surface area contributed by atoms with Crippen LogP contribution in [0.3, 0.4) is 0 Å². The Morgan fingerprint density at radius 1 is 1.16 bits per heavy atom. The molecule has 0 aromatic heterocycles. The number of carbonyl (C=O) groups is 2. The van der Waals surface area contributed by atoms with Crippen molar-refractivity contribution in [2.24, 2.45) is 0 Å². The number of methoxy groups -OCH3 is 1. The van der Waals surface area contributed by atoms with Gasteiger partial charge in [0.2, 0.25) is 11.8 Å². The van der Waals surface area contributed by atoms with Crippen LogP contribution in [0.2, 0.25) is 5.02 Å². The number of rotatable bonds is 12. The molecule has 0 heterocycles. The third kappa shape index (κ3) is 8.46. The quantitative estimate of drug-likeness (QED) is 0.455. The molecule has 0 fully saturated rings. The van der Waals surface area contributed by atoms with Gasteiger partial charge in [0, 0.05) is 23.9 Å². The molecule has 7 heteroatoms. The molecule has 2 aromatic carbocycles. The van der Waals surface area contributed by atoms with Gasteiger partial charge in [-0.2, -0.15) is 0 Å². The van der Waals surface area contributed by atoms with Crippen LogP contribution in [0.4, 0.5) is 0 Å². The van der Waals surface area contributed by atoms with Crippen molar-refractivity contribution in [2.75, 3.05) is 19.4 Å². The van der Waals surface area contributed by atoms with E-state index < -0.39 is 6.04 Å². The lowest BCUT2D eigenvalue weighted by molar-refractivity contribution is -0.138. The third-order valence-electron chi connectivity index (χ3n) is 4.89. The number of benzene rings is 2. The van der Waals surface area contributed by atoms with Gasteiger partial charge in [0.05, 0.1) is 12.9 Å². The largest absolute Gasteiger partial charge is 0.497 e. The molecule has 0 saturated heterocycles. The van der Waals surface area contributed by atoms with Gasteiger partial charge >= 0.3 is 0 Å². The molecule has 168 valence electrons. The van der Waals surface area contributed by atoms with Crippen molar-refractivity contribution < 1.29 is 14.3 Å². The van der Waals surface area contributed by atoms with Crippen molar-refractivity contribution in [1.82, 2.24) is 10.2 Å². The molecule has 31 heavy (non-hydrogen) atoms. The lowest BCUT2D eigenvalue weighted by atomic mass is 10.1. The first-order valence-corrected chi connectivity index (χ1v) is 12.0. The number of ether oxygens (including phenoxy) is 1. The SMILES string of the molecule is CCCCNC(=O)[C@H](C)N(Cc1cccc(OC)c1)C(=O)CSCc1ccc(Cl)cc1. The number of halogens is 1. The molecule has 0 aliphatic heterocycles. The molecule has 2 aromatic rings. The van der Waals surface area contributed by atoms with Crippen LogP contribution < -0.4 is 10.1 Å². The summed E-state index contributed by atoms with van der Waals surface area (Å²) in [4.78, 5) is 27.4. The van der Waals surface area contributed by atoms with E-state index in [2.05, 4.69) is 12.2 Å². The summed E-state index contributed by atoms with van der Waals surface area (Å²) in [5.41, 5.74) is 2.02. The van der Waals surface area contributed by atoms with E-state index >= 15 is 0 Å². The molecule has 0 bridgehead atoms. The molecule has 0 unspecified atom stereocenters. The second kappa shape index (κ2) is 13.3. The molecule has 0 aliphatic carbocycles. The van der Waals surface area contributed by atoms with Gasteiger partial charge in [0.15, 0.2) is 0 Å². The summed E-state index contributed by atoms with van der Waals surface area (Å²) in [6.45, 7) is 4.82. The van der Waals surface area contributed by atoms with Crippen LogP contribution in [0.1, 0.15) is 37.8 Å². The number of nitrogens with one attached hydrogen (secondary N) is 1. The first kappa shape index (κ1) is 25.1. The smallest absolute Gasteiger partial charge is 0.242 e. The lowest BCUT2D eigenvalue weighted by Crippen LogP contribution is -2.48. The molecule has 0 radical (unpaired) electrons. The van der Waals surface area contributed by atoms with E-state index in [0.717, 1.165) is 29.7 Å². The molecule has 2 amide bonds. The Kier molecular flexibility index (Phi) is 10.7. The molecule has 1 atom stereocenters. The Morgan fingerprint density at radius 2 is 1.90 bits per heavy atom. The Balaban J connectivity index is 2.06. The summed E-state index contributed by atoms with van der Waals surface area (Å²) in [5, 5.41) is 3.63. The first-order valence-electron chi connectivity index (χ1n) is 10.5. The van der Waals surface area contributed by atoms with E-state index in [-0.39, 0.29) is 11.8 Å². The minimum Gasteiger partial charge on any atom is -0.497 e. The van der Waals surface area contributed by atoms with E-state index in [0.29, 0.717) is 29.6 Å². The average Bonchev–Trinajstić information content (AvgIpc) is 2.78. The number of unbranched alkanes of at least 4 members (excludes halogenated alkanes) is 1. The number of amides is 2. The summed E-state index contributed by atoms with van der Waals surface area (Å²) >= 11 is 7.46. The fourth-order valence-corrected chi connectivity index (χ4v) is 4.00. The maximum Gasteiger partial charge on any atom is 0.242 e. The number of carbonyl (C=O) groups excluding carboxylic acids is 2. The highest BCUT2D eigenvalue weighted by atomic mass is 35.5. The van der Waals surface area contributed by atoms with Gasteiger partial charge in [-0.3, -0.25) is 9.59 Å². The van der Waals surface area contributed by atoms with Gasteiger partial charge in [-0.15, -0.1) is 11.8 Å². The predicted octanol–water partition coefficient (Wildman–Crippen LogP) is 4.92. The zero-order chi connectivity index (χ0) is 22.6. The summed E-state index contributed by atoms with van der Waals surface area (Å²) in [6, 6.07) is 14.6. The zero-order valence-corrected chi connectivity index (χ0v) is 20.0. The van der Waals surface area contributed by atoms with Crippen molar-refractivity contribution in [3.8, 4) is 5.75 Å². The number of nitrogens with zero attached hydrogens (tertiary/aromatic N) is 1. The van der Waals surface area contributed by atoms with Gasteiger partial charge in [-0.05, 0) is 48.7 Å². The van der Waals surface area contributed by atoms with E-state index in [9.17, 15) is 9.59 Å². The second-order valence-corrected chi connectivity index (χ2v) is 8.74. The Bertz CT molecular complexity index is 845. The zero-order valence-electron chi connectivity index (χ0n) is 18.4. The topological polar surface area (TPSA) is 58.6 Å².